The Morgan fingerprint density at radius 1 is 1.45 bits per heavy atom. The third-order valence-electron chi connectivity index (χ3n) is 4.09. The highest BCUT2D eigenvalue weighted by Gasteiger charge is 2.28. The molecule has 1 aromatic carbocycles. The average Bonchev–Trinajstić information content (AvgIpc) is 2.52. The van der Waals surface area contributed by atoms with Gasteiger partial charge in [0.15, 0.2) is 0 Å². The van der Waals surface area contributed by atoms with E-state index in [2.05, 4.69) is 5.32 Å². The number of carbonyl (C=O) groups is 1. The van der Waals surface area contributed by atoms with Gasteiger partial charge in [-0.05, 0) is 50.9 Å². The molecule has 1 aliphatic rings. The molecule has 1 aromatic rings. The van der Waals surface area contributed by atoms with Gasteiger partial charge in [-0.1, -0.05) is 0 Å². The van der Waals surface area contributed by atoms with Gasteiger partial charge < -0.3 is 10.2 Å². The molecule has 1 fully saturated rings. The second-order valence-corrected chi connectivity index (χ2v) is 5.55. The van der Waals surface area contributed by atoms with Crippen molar-refractivity contribution in [3.05, 3.63) is 39.7 Å². The highest BCUT2D eigenvalue weighted by molar-refractivity contribution is 5.98. The molecule has 2 rings (SSSR count). The first-order valence-corrected chi connectivity index (χ1v) is 7.40. The van der Waals surface area contributed by atoms with Crippen LogP contribution >= 0.6 is 0 Å². The molecule has 0 radical (unpaired) electrons. The van der Waals surface area contributed by atoms with Crippen molar-refractivity contribution in [2.24, 2.45) is 5.92 Å². The molecule has 0 aromatic heterocycles. The van der Waals surface area contributed by atoms with Crippen LogP contribution in [0.1, 0.15) is 29.6 Å². The summed E-state index contributed by atoms with van der Waals surface area (Å²) in [6, 6.07) is 3.08. The van der Waals surface area contributed by atoms with E-state index in [-0.39, 0.29) is 5.56 Å². The van der Waals surface area contributed by atoms with Gasteiger partial charge in [0.25, 0.3) is 11.6 Å². The lowest BCUT2D eigenvalue weighted by atomic mass is 9.93. The number of carbonyl (C=O) groups excluding carboxylic acids is 1. The van der Waals surface area contributed by atoms with Gasteiger partial charge in [0, 0.05) is 13.1 Å². The molecular weight excluding hydrogens is 289 g/mol. The van der Waals surface area contributed by atoms with Crippen LogP contribution in [0.15, 0.2) is 18.2 Å². The Balaban J connectivity index is 2.06. The molecule has 0 bridgehead atoms. The number of likely N-dealkylation sites (tertiary alicyclic amines) is 1. The second-order valence-electron chi connectivity index (χ2n) is 5.55. The third kappa shape index (κ3) is 3.79. The molecule has 1 heterocycles. The largest absolute Gasteiger partial charge is 0.338 e. The minimum Gasteiger partial charge on any atom is -0.338 e. The lowest BCUT2D eigenvalue weighted by Gasteiger charge is -2.32. The smallest absolute Gasteiger partial charge is 0.285 e. The van der Waals surface area contributed by atoms with Gasteiger partial charge in [0.1, 0.15) is 11.4 Å². The zero-order valence-electron chi connectivity index (χ0n) is 12.5. The Kier molecular flexibility index (Phi) is 5.43. The highest BCUT2D eigenvalue weighted by Crippen LogP contribution is 2.25. The van der Waals surface area contributed by atoms with Crippen LogP contribution in [0.2, 0.25) is 0 Å². The van der Waals surface area contributed by atoms with Crippen LogP contribution in [0.5, 0.6) is 0 Å². The topological polar surface area (TPSA) is 75.5 Å². The lowest BCUT2D eigenvalue weighted by molar-refractivity contribution is -0.385. The number of piperidine rings is 1. The van der Waals surface area contributed by atoms with Crippen LogP contribution in [0.4, 0.5) is 10.1 Å². The SMILES string of the molecule is CNCCC1CCN(C(=O)c2ccc(F)cc2[N+](=O)[O-])CC1. The Morgan fingerprint density at radius 3 is 2.73 bits per heavy atom. The summed E-state index contributed by atoms with van der Waals surface area (Å²) < 4.78 is 13.1. The van der Waals surface area contributed by atoms with Gasteiger partial charge >= 0.3 is 0 Å². The number of benzene rings is 1. The van der Waals surface area contributed by atoms with Gasteiger partial charge in [0.2, 0.25) is 0 Å². The Morgan fingerprint density at radius 2 is 2.14 bits per heavy atom. The van der Waals surface area contributed by atoms with Crippen molar-refractivity contribution in [2.75, 3.05) is 26.7 Å². The maximum Gasteiger partial charge on any atom is 0.285 e. The molecule has 1 saturated heterocycles. The molecule has 0 unspecified atom stereocenters. The first-order valence-electron chi connectivity index (χ1n) is 7.40. The normalized spacial score (nSPS) is 15.8. The maximum absolute atomic E-state index is 13.1. The molecule has 0 spiro atoms. The van der Waals surface area contributed by atoms with Crippen LogP contribution in [0, 0.1) is 21.8 Å². The second kappa shape index (κ2) is 7.31. The minimum absolute atomic E-state index is 0.0416. The lowest BCUT2D eigenvalue weighted by Crippen LogP contribution is -2.39. The van der Waals surface area contributed by atoms with Crippen LogP contribution in [0.25, 0.3) is 0 Å². The van der Waals surface area contributed by atoms with E-state index in [0.29, 0.717) is 19.0 Å². The molecule has 0 aliphatic carbocycles. The predicted octanol–water partition coefficient (Wildman–Crippen LogP) is 2.20. The van der Waals surface area contributed by atoms with Gasteiger partial charge in [-0.25, -0.2) is 4.39 Å². The number of hydrogen-bond acceptors (Lipinski definition) is 4. The van der Waals surface area contributed by atoms with Crippen molar-refractivity contribution in [3.63, 3.8) is 0 Å². The van der Waals surface area contributed by atoms with E-state index >= 15 is 0 Å². The van der Waals surface area contributed by atoms with E-state index in [1.54, 1.807) is 4.90 Å². The monoisotopic (exact) mass is 309 g/mol. The molecule has 22 heavy (non-hydrogen) atoms. The molecular formula is C15H20FN3O3. The van der Waals surface area contributed by atoms with Crippen LogP contribution in [-0.2, 0) is 0 Å². The zero-order valence-corrected chi connectivity index (χ0v) is 12.5. The fourth-order valence-corrected chi connectivity index (χ4v) is 2.78. The number of nitrogens with one attached hydrogen (secondary N) is 1. The van der Waals surface area contributed by atoms with E-state index in [4.69, 9.17) is 0 Å². The quantitative estimate of drug-likeness (QED) is 0.668. The van der Waals surface area contributed by atoms with Crippen LogP contribution in [-0.4, -0.2) is 42.4 Å². The standard InChI is InChI=1S/C15H20FN3O3/c1-17-7-4-11-5-8-18(9-6-11)15(20)13-3-2-12(16)10-14(13)19(21)22/h2-3,10-11,17H,4-9H2,1H3. The number of nitro groups is 1. The van der Waals surface area contributed by atoms with Gasteiger partial charge in [-0.15, -0.1) is 0 Å². The Hall–Kier alpha value is -2.02. The van der Waals surface area contributed by atoms with Gasteiger partial charge in [-0.3, -0.25) is 14.9 Å². The fraction of sp³-hybridized carbons (Fsp3) is 0.533. The summed E-state index contributed by atoms with van der Waals surface area (Å²) in [5.74, 6) is -0.535. The van der Waals surface area contributed by atoms with Crippen molar-refractivity contribution in [3.8, 4) is 0 Å². The van der Waals surface area contributed by atoms with E-state index in [1.165, 1.54) is 6.07 Å². The number of rotatable bonds is 5. The molecule has 120 valence electrons. The highest BCUT2D eigenvalue weighted by atomic mass is 19.1. The summed E-state index contributed by atoms with van der Waals surface area (Å²) in [4.78, 5) is 24.3. The molecule has 6 nitrogen and oxygen atoms in total. The third-order valence-corrected chi connectivity index (χ3v) is 4.09. The summed E-state index contributed by atoms with van der Waals surface area (Å²) in [5.41, 5.74) is -0.512. The summed E-state index contributed by atoms with van der Waals surface area (Å²) >= 11 is 0. The molecule has 1 aliphatic heterocycles. The molecule has 0 atom stereocenters. The van der Waals surface area contributed by atoms with Crippen molar-refractivity contribution < 1.29 is 14.1 Å². The summed E-state index contributed by atoms with van der Waals surface area (Å²) in [5, 5.41) is 14.1. The number of halogens is 1. The van der Waals surface area contributed by atoms with Crippen LogP contribution in [0.3, 0.4) is 0 Å². The van der Waals surface area contributed by atoms with Crippen molar-refractivity contribution in [1.29, 1.82) is 0 Å². The number of nitrogens with zero attached hydrogens (tertiary/aromatic N) is 2. The fourth-order valence-electron chi connectivity index (χ4n) is 2.78. The zero-order chi connectivity index (χ0) is 16.1. The molecule has 1 amide bonds. The van der Waals surface area contributed by atoms with Gasteiger partial charge in [-0.2, -0.15) is 0 Å². The Bertz CT molecular complexity index is 557. The number of nitro benzene ring substituents is 1. The predicted molar refractivity (Wildman–Crippen MR) is 80.2 cm³/mol. The van der Waals surface area contributed by atoms with Gasteiger partial charge in [0.05, 0.1) is 11.0 Å². The minimum atomic E-state index is -0.714. The van der Waals surface area contributed by atoms with Crippen molar-refractivity contribution in [1.82, 2.24) is 10.2 Å². The molecule has 7 heteroatoms. The van der Waals surface area contributed by atoms with E-state index in [9.17, 15) is 19.3 Å². The number of hydrogen-bond donors (Lipinski definition) is 1. The van der Waals surface area contributed by atoms with Crippen LogP contribution < -0.4 is 5.32 Å². The number of amides is 1. The average molecular weight is 309 g/mol. The molecule has 0 saturated carbocycles. The first kappa shape index (κ1) is 16.4. The van der Waals surface area contributed by atoms with E-state index < -0.39 is 22.3 Å². The molecule has 1 N–H and O–H groups in total. The summed E-state index contributed by atoms with van der Waals surface area (Å²) in [6.45, 7) is 2.12. The Labute approximate surface area is 128 Å². The van der Waals surface area contributed by atoms with Crippen molar-refractivity contribution >= 4 is 11.6 Å². The van der Waals surface area contributed by atoms with E-state index in [1.807, 2.05) is 7.05 Å². The summed E-state index contributed by atoms with van der Waals surface area (Å²) in [6.07, 6.45) is 2.85. The van der Waals surface area contributed by atoms with Crippen molar-refractivity contribution in [2.45, 2.75) is 19.3 Å². The maximum atomic E-state index is 13.1. The first-order chi connectivity index (χ1) is 10.5. The summed E-state index contributed by atoms with van der Waals surface area (Å²) in [7, 11) is 1.91. The van der Waals surface area contributed by atoms with E-state index in [0.717, 1.165) is 37.9 Å².